The minimum Gasteiger partial charge on any atom is -0.378 e. The lowest BCUT2D eigenvalue weighted by molar-refractivity contribution is -0.384. The molecule has 0 atom stereocenters. The van der Waals surface area contributed by atoms with E-state index in [9.17, 15) is 10.1 Å². The molecule has 0 radical (unpaired) electrons. The normalized spacial score (nSPS) is 10.2. The van der Waals surface area contributed by atoms with Crippen molar-refractivity contribution in [2.75, 3.05) is 11.1 Å². The van der Waals surface area contributed by atoms with E-state index in [0.717, 1.165) is 11.8 Å². The van der Waals surface area contributed by atoms with Crippen molar-refractivity contribution in [2.45, 2.75) is 13.5 Å². The Morgan fingerprint density at radius 2 is 2.05 bits per heavy atom. The lowest BCUT2D eigenvalue weighted by atomic mass is 10.1. The van der Waals surface area contributed by atoms with Crippen LogP contribution in [0.1, 0.15) is 11.1 Å². The minimum absolute atomic E-state index is 0.147. The van der Waals surface area contributed by atoms with E-state index < -0.39 is 4.92 Å². The number of nitrogen functional groups attached to an aromatic ring is 1. The second kappa shape index (κ2) is 5.30. The molecule has 0 aliphatic rings. The van der Waals surface area contributed by atoms with Gasteiger partial charge in [0, 0.05) is 6.54 Å². The first-order chi connectivity index (χ1) is 9.06. The first-order valence-corrected chi connectivity index (χ1v) is 5.62. The van der Waals surface area contributed by atoms with Crippen LogP contribution in [0.25, 0.3) is 0 Å². The maximum Gasteiger partial charge on any atom is 0.329 e. The standard InChI is InChI=1S/C12H13N5O2/c1-8-2-4-9(5-3-8)6-14-12-15-7-10(17(18)19)11(13)16-12/h2-5,7H,6H2,1H3,(H3,13,14,15,16). The number of hydrogen-bond donors (Lipinski definition) is 2. The highest BCUT2D eigenvalue weighted by atomic mass is 16.6. The first-order valence-electron chi connectivity index (χ1n) is 5.62. The Morgan fingerprint density at radius 1 is 1.37 bits per heavy atom. The number of rotatable bonds is 4. The van der Waals surface area contributed by atoms with Gasteiger partial charge < -0.3 is 11.1 Å². The van der Waals surface area contributed by atoms with Gasteiger partial charge in [0.2, 0.25) is 11.8 Å². The largest absolute Gasteiger partial charge is 0.378 e. The Bertz CT molecular complexity index is 598. The van der Waals surface area contributed by atoms with Gasteiger partial charge in [-0.25, -0.2) is 4.98 Å². The summed E-state index contributed by atoms with van der Waals surface area (Å²) in [6.45, 7) is 2.54. The van der Waals surface area contributed by atoms with E-state index in [1.807, 2.05) is 31.2 Å². The zero-order valence-electron chi connectivity index (χ0n) is 10.3. The summed E-state index contributed by atoms with van der Waals surface area (Å²) in [4.78, 5) is 17.6. The van der Waals surface area contributed by atoms with Gasteiger partial charge >= 0.3 is 5.69 Å². The van der Waals surface area contributed by atoms with Crippen molar-refractivity contribution in [3.63, 3.8) is 0 Å². The fourth-order valence-electron chi connectivity index (χ4n) is 1.50. The van der Waals surface area contributed by atoms with Crippen LogP contribution in [0.4, 0.5) is 17.5 Å². The van der Waals surface area contributed by atoms with Crippen molar-refractivity contribution in [1.29, 1.82) is 0 Å². The second-order valence-electron chi connectivity index (χ2n) is 4.06. The Balaban J connectivity index is 2.06. The van der Waals surface area contributed by atoms with Gasteiger partial charge in [0.1, 0.15) is 6.20 Å². The van der Waals surface area contributed by atoms with E-state index in [2.05, 4.69) is 15.3 Å². The molecule has 0 amide bonds. The predicted molar refractivity (Wildman–Crippen MR) is 71.6 cm³/mol. The predicted octanol–water partition coefficient (Wildman–Crippen LogP) is 1.89. The van der Waals surface area contributed by atoms with Crippen molar-refractivity contribution in [2.24, 2.45) is 0 Å². The Labute approximate surface area is 109 Å². The molecule has 1 aromatic heterocycles. The number of nitrogens with zero attached hydrogens (tertiary/aromatic N) is 3. The van der Waals surface area contributed by atoms with Gasteiger partial charge in [0.05, 0.1) is 4.92 Å². The molecule has 0 spiro atoms. The quantitative estimate of drug-likeness (QED) is 0.641. The molecule has 0 bridgehead atoms. The summed E-state index contributed by atoms with van der Waals surface area (Å²) in [6.07, 6.45) is 1.10. The van der Waals surface area contributed by atoms with E-state index >= 15 is 0 Å². The van der Waals surface area contributed by atoms with Gasteiger partial charge in [-0.15, -0.1) is 0 Å². The number of benzene rings is 1. The van der Waals surface area contributed by atoms with Crippen molar-refractivity contribution >= 4 is 17.5 Å². The molecule has 0 saturated heterocycles. The zero-order chi connectivity index (χ0) is 13.8. The van der Waals surface area contributed by atoms with E-state index in [4.69, 9.17) is 5.73 Å². The van der Waals surface area contributed by atoms with Gasteiger partial charge in [-0.2, -0.15) is 4.98 Å². The summed E-state index contributed by atoms with van der Waals surface area (Å²) in [6, 6.07) is 7.97. The van der Waals surface area contributed by atoms with Crippen molar-refractivity contribution in [3.8, 4) is 0 Å². The Kier molecular flexibility index (Phi) is 3.56. The van der Waals surface area contributed by atoms with Gasteiger partial charge in [-0.1, -0.05) is 29.8 Å². The molecule has 7 nitrogen and oxygen atoms in total. The van der Waals surface area contributed by atoms with Crippen LogP contribution >= 0.6 is 0 Å². The SMILES string of the molecule is Cc1ccc(CNc2ncc([N+](=O)[O-])c(N)n2)cc1. The number of hydrogen-bond acceptors (Lipinski definition) is 6. The van der Waals surface area contributed by atoms with Crippen molar-refractivity contribution < 1.29 is 4.92 Å². The third-order valence-electron chi connectivity index (χ3n) is 2.57. The summed E-state index contributed by atoms with van der Waals surface area (Å²) in [5.74, 6) is 0.120. The van der Waals surface area contributed by atoms with Crippen LogP contribution in [0.15, 0.2) is 30.5 Å². The highest BCUT2D eigenvalue weighted by Gasteiger charge is 2.13. The molecule has 19 heavy (non-hydrogen) atoms. The van der Waals surface area contributed by atoms with Gasteiger partial charge in [-0.05, 0) is 12.5 Å². The number of nitro groups is 1. The molecule has 2 rings (SSSR count). The molecule has 0 fully saturated rings. The molecule has 0 saturated carbocycles. The second-order valence-corrected chi connectivity index (χ2v) is 4.06. The molecule has 7 heteroatoms. The van der Waals surface area contributed by atoms with Crippen LogP contribution in [-0.4, -0.2) is 14.9 Å². The number of aromatic nitrogens is 2. The molecule has 0 aliphatic heterocycles. The van der Waals surface area contributed by atoms with Crippen LogP contribution in [0.2, 0.25) is 0 Å². The molecule has 0 aliphatic carbocycles. The molecule has 1 heterocycles. The molecule has 3 N–H and O–H groups in total. The summed E-state index contributed by atoms with van der Waals surface area (Å²) in [7, 11) is 0. The fraction of sp³-hybridized carbons (Fsp3) is 0.167. The monoisotopic (exact) mass is 259 g/mol. The maximum atomic E-state index is 10.6. The van der Waals surface area contributed by atoms with Gasteiger partial charge in [-0.3, -0.25) is 10.1 Å². The molecular weight excluding hydrogens is 246 g/mol. The first kappa shape index (κ1) is 12.7. The smallest absolute Gasteiger partial charge is 0.329 e. The summed E-state index contributed by atoms with van der Waals surface area (Å²) in [5, 5.41) is 13.5. The fourth-order valence-corrected chi connectivity index (χ4v) is 1.50. The number of nitrogens with one attached hydrogen (secondary N) is 1. The molecule has 1 aromatic carbocycles. The van der Waals surface area contributed by atoms with Gasteiger partial charge in [0.15, 0.2) is 0 Å². The van der Waals surface area contributed by atoms with E-state index in [-0.39, 0.29) is 17.5 Å². The molecular formula is C12H13N5O2. The van der Waals surface area contributed by atoms with Crippen LogP contribution in [0.5, 0.6) is 0 Å². The Morgan fingerprint density at radius 3 is 2.63 bits per heavy atom. The maximum absolute atomic E-state index is 10.6. The van der Waals surface area contributed by atoms with Crippen LogP contribution in [-0.2, 0) is 6.54 Å². The average molecular weight is 259 g/mol. The lowest BCUT2D eigenvalue weighted by Gasteiger charge is -2.05. The van der Waals surface area contributed by atoms with Crippen LogP contribution in [0.3, 0.4) is 0 Å². The molecule has 98 valence electrons. The zero-order valence-corrected chi connectivity index (χ0v) is 10.3. The highest BCUT2D eigenvalue weighted by molar-refractivity contribution is 5.53. The lowest BCUT2D eigenvalue weighted by Crippen LogP contribution is -2.07. The van der Waals surface area contributed by atoms with E-state index in [1.54, 1.807) is 0 Å². The molecule has 0 unspecified atom stereocenters. The topological polar surface area (TPSA) is 107 Å². The third-order valence-corrected chi connectivity index (χ3v) is 2.57. The van der Waals surface area contributed by atoms with Crippen LogP contribution in [0, 0.1) is 17.0 Å². The summed E-state index contributed by atoms with van der Waals surface area (Å²) in [5.41, 5.74) is 7.43. The van der Waals surface area contributed by atoms with Gasteiger partial charge in [0.25, 0.3) is 0 Å². The number of anilines is 2. The van der Waals surface area contributed by atoms with Crippen molar-refractivity contribution in [1.82, 2.24) is 9.97 Å². The highest BCUT2D eigenvalue weighted by Crippen LogP contribution is 2.18. The van der Waals surface area contributed by atoms with Crippen molar-refractivity contribution in [3.05, 3.63) is 51.7 Å². The van der Waals surface area contributed by atoms with Crippen LogP contribution < -0.4 is 11.1 Å². The average Bonchev–Trinajstić information content (AvgIpc) is 2.37. The summed E-state index contributed by atoms with van der Waals surface area (Å²) >= 11 is 0. The third kappa shape index (κ3) is 3.15. The number of aryl methyl sites for hydroxylation is 1. The summed E-state index contributed by atoms with van der Waals surface area (Å²) < 4.78 is 0. The van der Waals surface area contributed by atoms with E-state index in [1.165, 1.54) is 5.56 Å². The minimum atomic E-state index is -0.612. The van der Waals surface area contributed by atoms with E-state index in [0.29, 0.717) is 6.54 Å². The Hall–Kier alpha value is -2.70. The number of nitrogens with two attached hydrogens (primary N) is 1. The molecule has 2 aromatic rings.